The highest BCUT2D eigenvalue weighted by molar-refractivity contribution is 7.99. The molecule has 1 saturated carbocycles. The van der Waals surface area contributed by atoms with Gasteiger partial charge in [0.25, 0.3) is 11.8 Å². The van der Waals surface area contributed by atoms with Gasteiger partial charge in [-0.3, -0.25) is 14.5 Å². The first-order valence-electron chi connectivity index (χ1n) is 9.82. The van der Waals surface area contributed by atoms with Gasteiger partial charge in [-0.2, -0.15) is 9.78 Å². The molecule has 0 unspecified atom stereocenters. The number of rotatable bonds is 4. The van der Waals surface area contributed by atoms with Crippen molar-refractivity contribution < 1.29 is 9.59 Å². The largest absolute Gasteiger partial charge is 0.274 e. The highest BCUT2D eigenvalue weighted by atomic mass is 32.2. The first-order chi connectivity index (χ1) is 13.7. The fourth-order valence-corrected chi connectivity index (χ4v) is 5.05. The summed E-state index contributed by atoms with van der Waals surface area (Å²) in [6.45, 7) is 0.349. The van der Waals surface area contributed by atoms with Crippen LogP contribution < -0.4 is 0 Å². The van der Waals surface area contributed by atoms with E-state index >= 15 is 0 Å². The van der Waals surface area contributed by atoms with Crippen molar-refractivity contribution in [3.63, 3.8) is 0 Å². The van der Waals surface area contributed by atoms with E-state index in [0.29, 0.717) is 35.8 Å². The third-order valence-corrected chi connectivity index (χ3v) is 6.71. The number of carbonyl (C=O) groups is 2. The van der Waals surface area contributed by atoms with E-state index in [1.54, 1.807) is 36.0 Å². The third-order valence-electron chi connectivity index (χ3n) is 5.72. The van der Waals surface area contributed by atoms with Crippen molar-refractivity contribution in [3.05, 3.63) is 41.2 Å². The van der Waals surface area contributed by atoms with E-state index < -0.39 is 0 Å². The van der Waals surface area contributed by atoms with Gasteiger partial charge in [-0.1, -0.05) is 43.2 Å². The smallest absolute Gasteiger partial charge is 0.261 e. The van der Waals surface area contributed by atoms with E-state index in [1.807, 2.05) is 4.68 Å². The van der Waals surface area contributed by atoms with Crippen LogP contribution in [0.4, 0.5) is 0 Å². The summed E-state index contributed by atoms with van der Waals surface area (Å²) in [6, 6.07) is 7.00. The van der Waals surface area contributed by atoms with Crippen LogP contribution >= 0.6 is 11.8 Å². The summed E-state index contributed by atoms with van der Waals surface area (Å²) in [5.74, 6) is 1.68. The Morgan fingerprint density at radius 1 is 1.00 bits per heavy atom. The molecule has 1 fully saturated rings. The zero-order valence-electron chi connectivity index (χ0n) is 15.5. The van der Waals surface area contributed by atoms with Crippen molar-refractivity contribution in [2.24, 2.45) is 5.10 Å². The normalized spacial score (nSPS) is 19.6. The fourth-order valence-electron chi connectivity index (χ4n) is 4.20. The third kappa shape index (κ3) is 2.96. The molecule has 0 atom stereocenters. The number of carbonyl (C=O) groups excluding carboxylic acids is 2. The minimum absolute atomic E-state index is 0.211. The number of hydrogen-bond acceptors (Lipinski definition) is 6. The SMILES string of the molecule is O=C1c2ccccc2C(=O)N1CCC1=Nn2c(nnc2C2CCCCC2)SC1. The average molecular weight is 395 g/mol. The maximum Gasteiger partial charge on any atom is 0.261 e. The number of aromatic nitrogens is 3. The van der Waals surface area contributed by atoms with Gasteiger partial charge in [0.1, 0.15) is 0 Å². The maximum absolute atomic E-state index is 12.5. The molecule has 0 radical (unpaired) electrons. The Balaban J connectivity index is 1.32. The maximum atomic E-state index is 12.5. The molecule has 2 aliphatic heterocycles. The fraction of sp³-hybridized carbons (Fsp3) is 0.450. The summed E-state index contributed by atoms with van der Waals surface area (Å²) in [5.41, 5.74) is 1.95. The molecule has 1 aromatic carbocycles. The van der Waals surface area contributed by atoms with Crippen LogP contribution in [0, 0.1) is 0 Å². The van der Waals surface area contributed by atoms with E-state index in [-0.39, 0.29) is 11.8 Å². The molecule has 3 heterocycles. The second-order valence-electron chi connectivity index (χ2n) is 7.50. The number of amides is 2. The van der Waals surface area contributed by atoms with Crippen LogP contribution in [0.25, 0.3) is 0 Å². The van der Waals surface area contributed by atoms with Crippen molar-refractivity contribution in [1.29, 1.82) is 0 Å². The summed E-state index contributed by atoms with van der Waals surface area (Å²) in [6.07, 6.45) is 6.61. The summed E-state index contributed by atoms with van der Waals surface area (Å²) in [4.78, 5) is 26.4. The Morgan fingerprint density at radius 2 is 1.71 bits per heavy atom. The van der Waals surface area contributed by atoms with Crippen molar-refractivity contribution in [2.45, 2.75) is 49.6 Å². The molecule has 0 saturated heterocycles. The standard InChI is InChI=1S/C20H21N5O2S/c26-18-15-8-4-5-9-16(15)19(27)24(18)11-10-14-12-28-20-22-21-17(25(20)23-14)13-6-2-1-3-7-13/h4-5,8-9,13H,1-3,6-7,10-12H2. The minimum Gasteiger partial charge on any atom is -0.274 e. The Morgan fingerprint density at radius 3 is 2.43 bits per heavy atom. The van der Waals surface area contributed by atoms with Gasteiger partial charge in [0.2, 0.25) is 5.16 Å². The molecule has 1 aliphatic carbocycles. The summed E-state index contributed by atoms with van der Waals surface area (Å²) < 4.78 is 1.89. The topological polar surface area (TPSA) is 80.5 Å². The lowest BCUT2D eigenvalue weighted by molar-refractivity contribution is 0.0658. The number of nitrogens with zero attached hydrogens (tertiary/aromatic N) is 5. The van der Waals surface area contributed by atoms with Gasteiger partial charge in [0.15, 0.2) is 5.82 Å². The van der Waals surface area contributed by atoms with Crippen molar-refractivity contribution >= 4 is 29.3 Å². The molecule has 144 valence electrons. The number of benzene rings is 1. The monoisotopic (exact) mass is 395 g/mol. The van der Waals surface area contributed by atoms with Crippen LogP contribution in [0.5, 0.6) is 0 Å². The number of imide groups is 1. The molecular weight excluding hydrogens is 374 g/mol. The van der Waals surface area contributed by atoms with E-state index in [0.717, 1.165) is 29.5 Å². The van der Waals surface area contributed by atoms with Crippen LogP contribution in [0.3, 0.4) is 0 Å². The number of thioether (sulfide) groups is 1. The zero-order chi connectivity index (χ0) is 19.1. The first kappa shape index (κ1) is 17.6. The molecule has 0 N–H and O–H groups in total. The van der Waals surface area contributed by atoms with Gasteiger partial charge in [-0.05, 0) is 25.0 Å². The van der Waals surface area contributed by atoms with Crippen molar-refractivity contribution in [1.82, 2.24) is 19.8 Å². The Bertz CT molecular complexity index is 942. The Kier molecular flexibility index (Phi) is 4.50. The molecule has 2 amide bonds. The molecule has 5 rings (SSSR count). The molecule has 28 heavy (non-hydrogen) atoms. The van der Waals surface area contributed by atoms with Crippen LogP contribution in [-0.2, 0) is 0 Å². The lowest BCUT2D eigenvalue weighted by Crippen LogP contribution is -2.32. The van der Waals surface area contributed by atoms with Gasteiger partial charge in [-0.15, -0.1) is 10.2 Å². The van der Waals surface area contributed by atoms with Gasteiger partial charge in [0.05, 0.1) is 16.8 Å². The minimum atomic E-state index is -0.211. The Hall–Kier alpha value is -2.48. The molecule has 3 aliphatic rings. The van der Waals surface area contributed by atoms with E-state index in [1.165, 1.54) is 24.2 Å². The first-order valence-corrected chi connectivity index (χ1v) is 10.8. The van der Waals surface area contributed by atoms with Gasteiger partial charge >= 0.3 is 0 Å². The van der Waals surface area contributed by atoms with Crippen LogP contribution in [0.15, 0.2) is 34.5 Å². The average Bonchev–Trinajstić information content (AvgIpc) is 3.27. The molecule has 8 heteroatoms. The van der Waals surface area contributed by atoms with Crippen LogP contribution in [0.1, 0.15) is 71.0 Å². The molecule has 1 aromatic heterocycles. The summed E-state index contributed by atoms with van der Waals surface area (Å²) in [5, 5.41) is 14.3. The van der Waals surface area contributed by atoms with E-state index in [9.17, 15) is 9.59 Å². The Labute approximate surface area is 167 Å². The number of hydrogen-bond donors (Lipinski definition) is 0. The van der Waals surface area contributed by atoms with E-state index in [4.69, 9.17) is 5.10 Å². The van der Waals surface area contributed by atoms with Gasteiger partial charge in [0, 0.05) is 24.6 Å². The van der Waals surface area contributed by atoms with Crippen LogP contribution in [-0.4, -0.2) is 49.6 Å². The molecule has 7 nitrogen and oxygen atoms in total. The van der Waals surface area contributed by atoms with Crippen LogP contribution in [0.2, 0.25) is 0 Å². The van der Waals surface area contributed by atoms with E-state index in [2.05, 4.69) is 10.2 Å². The number of fused-ring (bicyclic) bond motifs is 2. The van der Waals surface area contributed by atoms with Gasteiger partial charge < -0.3 is 0 Å². The molecular formula is C20H21N5O2S. The predicted molar refractivity (Wildman–Crippen MR) is 106 cm³/mol. The zero-order valence-corrected chi connectivity index (χ0v) is 16.3. The highest BCUT2D eigenvalue weighted by Gasteiger charge is 2.35. The quantitative estimate of drug-likeness (QED) is 0.742. The van der Waals surface area contributed by atoms with Gasteiger partial charge in [-0.25, -0.2) is 0 Å². The summed E-state index contributed by atoms with van der Waals surface area (Å²) in [7, 11) is 0. The van der Waals surface area contributed by atoms with Crippen molar-refractivity contribution in [2.75, 3.05) is 12.3 Å². The molecule has 0 spiro atoms. The molecule has 0 bridgehead atoms. The predicted octanol–water partition coefficient (Wildman–Crippen LogP) is 3.32. The highest BCUT2D eigenvalue weighted by Crippen LogP contribution is 2.34. The van der Waals surface area contributed by atoms with Crippen molar-refractivity contribution in [3.8, 4) is 0 Å². The molecule has 2 aromatic rings. The second kappa shape index (κ2) is 7.16. The summed E-state index contributed by atoms with van der Waals surface area (Å²) >= 11 is 1.62. The second-order valence-corrected chi connectivity index (χ2v) is 8.44. The lowest BCUT2D eigenvalue weighted by Gasteiger charge is -2.22. The lowest BCUT2D eigenvalue weighted by atomic mass is 9.89.